The SMILES string of the molecule is C[C@H](N1CC=CC=C1c1c(C#N)c2ccc(C#N)cc2n1C1CCC1)C(F)(F)F. The lowest BCUT2D eigenvalue weighted by molar-refractivity contribution is -0.169. The van der Waals surface area contributed by atoms with Gasteiger partial charge >= 0.3 is 6.18 Å². The van der Waals surface area contributed by atoms with Gasteiger partial charge in [0, 0.05) is 18.0 Å². The van der Waals surface area contributed by atoms with E-state index in [0.717, 1.165) is 31.7 Å². The van der Waals surface area contributed by atoms with Crippen molar-refractivity contribution in [2.24, 2.45) is 0 Å². The molecule has 1 aliphatic heterocycles. The summed E-state index contributed by atoms with van der Waals surface area (Å²) in [7, 11) is 0. The lowest BCUT2D eigenvalue weighted by Crippen LogP contribution is -2.43. The molecule has 0 bridgehead atoms. The average molecular weight is 396 g/mol. The molecule has 2 aromatic rings. The van der Waals surface area contributed by atoms with E-state index >= 15 is 0 Å². The Hall–Kier alpha value is -3.19. The number of fused-ring (bicyclic) bond motifs is 1. The fourth-order valence-electron chi connectivity index (χ4n) is 4.06. The smallest absolute Gasteiger partial charge is 0.354 e. The van der Waals surface area contributed by atoms with Crippen molar-refractivity contribution in [3.05, 3.63) is 53.2 Å². The molecule has 2 aliphatic rings. The molecule has 0 N–H and O–H groups in total. The van der Waals surface area contributed by atoms with E-state index in [1.54, 1.807) is 36.4 Å². The van der Waals surface area contributed by atoms with Crippen LogP contribution in [0.15, 0.2) is 36.4 Å². The number of nitrogens with zero attached hydrogens (tertiary/aromatic N) is 4. The standard InChI is InChI=1S/C22H19F3N4/c1-14(22(23,24)25)28-10-3-2-7-19(28)21-18(13-27)17-9-8-15(12-26)11-20(17)29(21)16-5-4-6-16/h2-3,7-9,11,14,16H,4-6,10H2,1H3/t14-/m0/s1. The van der Waals surface area contributed by atoms with Gasteiger partial charge < -0.3 is 9.47 Å². The zero-order valence-corrected chi connectivity index (χ0v) is 15.9. The average Bonchev–Trinajstić information content (AvgIpc) is 2.98. The Balaban J connectivity index is 1.99. The maximum absolute atomic E-state index is 13.5. The summed E-state index contributed by atoms with van der Waals surface area (Å²) >= 11 is 0. The number of allylic oxidation sites excluding steroid dienone is 2. The number of hydrogen-bond acceptors (Lipinski definition) is 3. The number of halogens is 3. The molecule has 0 amide bonds. The quantitative estimate of drug-likeness (QED) is 0.710. The normalized spacial score (nSPS) is 18.1. The molecule has 0 spiro atoms. The van der Waals surface area contributed by atoms with Crippen molar-refractivity contribution in [1.29, 1.82) is 10.5 Å². The second-order valence-corrected chi connectivity index (χ2v) is 7.48. The topological polar surface area (TPSA) is 55.8 Å². The first-order chi connectivity index (χ1) is 13.9. The lowest BCUT2D eigenvalue weighted by atomic mass is 9.92. The molecular formula is C22H19F3N4. The molecule has 1 aromatic carbocycles. The Bertz CT molecular complexity index is 1100. The Morgan fingerprint density at radius 1 is 1.17 bits per heavy atom. The summed E-state index contributed by atoms with van der Waals surface area (Å²) in [6.45, 7) is 1.26. The van der Waals surface area contributed by atoms with Crippen LogP contribution in [-0.2, 0) is 0 Å². The van der Waals surface area contributed by atoms with Crippen LogP contribution in [-0.4, -0.2) is 28.2 Å². The molecule has 7 heteroatoms. The van der Waals surface area contributed by atoms with E-state index in [1.807, 2.05) is 4.57 Å². The number of alkyl halides is 3. The highest BCUT2D eigenvalue weighted by Crippen LogP contribution is 2.43. The zero-order chi connectivity index (χ0) is 20.8. The highest BCUT2D eigenvalue weighted by molar-refractivity contribution is 5.94. The monoisotopic (exact) mass is 396 g/mol. The number of benzene rings is 1. The molecular weight excluding hydrogens is 377 g/mol. The second kappa shape index (κ2) is 7.00. The van der Waals surface area contributed by atoms with Crippen LogP contribution >= 0.6 is 0 Å². The summed E-state index contributed by atoms with van der Waals surface area (Å²) in [4.78, 5) is 1.30. The van der Waals surface area contributed by atoms with E-state index in [4.69, 9.17) is 0 Å². The van der Waals surface area contributed by atoms with Crippen molar-refractivity contribution >= 4 is 16.6 Å². The number of hydrogen-bond donors (Lipinski definition) is 0. The molecule has 4 nitrogen and oxygen atoms in total. The van der Waals surface area contributed by atoms with Crippen LogP contribution in [0.2, 0.25) is 0 Å². The molecule has 1 fully saturated rings. The molecule has 0 radical (unpaired) electrons. The van der Waals surface area contributed by atoms with Crippen LogP contribution in [0.4, 0.5) is 13.2 Å². The van der Waals surface area contributed by atoms with E-state index in [0.29, 0.717) is 27.9 Å². The first kappa shape index (κ1) is 19.1. The van der Waals surface area contributed by atoms with Gasteiger partial charge in [-0.1, -0.05) is 18.2 Å². The van der Waals surface area contributed by atoms with E-state index < -0.39 is 12.2 Å². The molecule has 2 heterocycles. The van der Waals surface area contributed by atoms with Crippen molar-refractivity contribution < 1.29 is 13.2 Å². The Kier molecular flexibility index (Phi) is 4.62. The molecule has 1 atom stereocenters. The summed E-state index contributed by atoms with van der Waals surface area (Å²) < 4.78 is 42.6. The third kappa shape index (κ3) is 3.07. The fraction of sp³-hybridized carbons (Fsp3) is 0.364. The molecule has 4 rings (SSSR count). The van der Waals surface area contributed by atoms with Gasteiger partial charge in [-0.3, -0.25) is 0 Å². The molecule has 29 heavy (non-hydrogen) atoms. The molecule has 148 valence electrons. The lowest BCUT2D eigenvalue weighted by Gasteiger charge is -2.37. The molecule has 0 saturated heterocycles. The van der Waals surface area contributed by atoms with Crippen LogP contribution in [0.5, 0.6) is 0 Å². The van der Waals surface area contributed by atoms with Crippen molar-refractivity contribution in [1.82, 2.24) is 9.47 Å². The molecule has 0 unspecified atom stereocenters. The summed E-state index contributed by atoms with van der Waals surface area (Å²) in [6, 6.07) is 7.85. The fourth-order valence-corrected chi connectivity index (χ4v) is 4.06. The Morgan fingerprint density at radius 2 is 1.93 bits per heavy atom. The molecule has 1 aromatic heterocycles. The number of rotatable bonds is 3. The maximum Gasteiger partial charge on any atom is 0.408 e. The van der Waals surface area contributed by atoms with Gasteiger partial charge in [-0.05, 0) is 44.4 Å². The van der Waals surface area contributed by atoms with Gasteiger partial charge in [0.1, 0.15) is 12.1 Å². The van der Waals surface area contributed by atoms with Gasteiger partial charge in [0.25, 0.3) is 0 Å². The first-order valence-electron chi connectivity index (χ1n) is 9.55. The minimum absolute atomic E-state index is 0.110. The van der Waals surface area contributed by atoms with Gasteiger partial charge in [-0.25, -0.2) is 0 Å². The van der Waals surface area contributed by atoms with Gasteiger partial charge in [-0.15, -0.1) is 0 Å². The second-order valence-electron chi connectivity index (χ2n) is 7.48. The highest BCUT2D eigenvalue weighted by Gasteiger charge is 2.42. The van der Waals surface area contributed by atoms with Crippen molar-refractivity contribution in [3.8, 4) is 12.1 Å². The van der Waals surface area contributed by atoms with Crippen LogP contribution in [0.25, 0.3) is 16.6 Å². The van der Waals surface area contributed by atoms with E-state index in [2.05, 4.69) is 12.1 Å². The van der Waals surface area contributed by atoms with E-state index in [-0.39, 0.29) is 12.6 Å². The summed E-state index contributed by atoms with van der Waals surface area (Å²) in [5, 5.41) is 19.9. The highest BCUT2D eigenvalue weighted by atomic mass is 19.4. The third-order valence-electron chi connectivity index (χ3n) is 5.87. The number of nitriles is 2. The summed E-state index contributed by atoms with van der Waals surface area (Å²) in [6.07, 6.45) is 3.51. The summed E-state index contributed by atoms with van der Waals surface area (Å²) in [5.74, 6) is 0. The minimum atomic E-state index is -4.39. The van der Waals surface area contributed by atoms with E-state index in [9.17, 15) is 23.7 Å². The van der Waals surface area contributed by atoms with Gasteiger partial charge in [0.15, 0.2) is 0 Å². The minimum Gasteiger partial charge on any atom is -0.354 e. The molecule has 1 aliphatic carbocycles. The van der Waals surface area contributed by atoms with Gasteiger partial charge in [0.05, 0.1) is 34.1 Å². The van der Waals surface area contributed by atoms with Crippen molar-refractivity contribution in [3.63, 3.8) is 0 Å². The zero-order valence-electron chi connectivity index (χ0n) is 15.9. The largest absolute Gasteiger partial charge is 0.408 e. The predicted octanol–water partition coefficient (Wildman–Crippen LogP) is 5.27. The predicted molar refractivity (Wildman–Crippen MR) is 104 cm³/mol. The number of aromatic nitrogens is 1. The van der Waals surface area contributed by atoms with Crippen molar-refractivity contribution in [2.45, 2.75) is 44.4 Å². The van der Waals surface area contributed by atoms with Crippen molar-refractivity contribution in [2.75, 3.05) is 6.54 Å². The van der Waals surface area contributed by atoms with E-state index in [1.165, 1.54) is 4.90 Å². The molecule has 1 saturated carbocycles. The van der Waals surface area contributed by atoms with Gasteiger partial charge in [0.2, 0.25) is 0 Å². The van der Waals surface area contributed by atoms with Crippen LogP contribution < -0.4 is 0 Å². The summed E-state index contributed by atoms with van der Waals surface area (Å²) in [5.41, 5.74) is 2.47. The maximum atomic E-state index is 13.5. The van der Waals surface area contributed by atoms with Crippen LogP contribution in [0, 0.1) is 22.7 Å². The van der Waals surface area contributed by atoms with Crippen LogP contribution in [0.1, 0.15) is 49.0 Å². The third-order valence-corrected chi connectivity index (χ3v) is 5.87. The first-order valence-corrected chi connectivity index (χ1v) is 9.55. The van der Waals surface area contributed by atoms with Gasteiger partial charge in [-0.2, -0.15) is 23.7 Å². The Morgan fingerprint density at radius 3 is 2.52 bits per heavy atom. The Labute approximate surface area is 166 Å². The van der Waals surface area contributed by atoms with Crippen LogP contribution in [0.3, 0.4) is 0 Å².